The van der Waals surface area contributed by atoms with Gasteiger partial charge in [0.15, 0.2) is 0 Å². The van der Waals surface area contributed by atoms with Gasteiger partial charge in [-0.15, -0.1) is 0 Å². The van der Waals surface area contributed by atoms with Crippen molar-refractivity contribution < 1.29 is 20.1 Å². The third kappa shape index (κ3) is 14.0. The molecule has 0 atom stereocenters. The molecule has 0 bridgehead atoms. The maximum atomic E-state index is 10.5. The van der Waals surface area contributed by atoms with Gasteiger partial charge in [0.2, 0.25) is 0 Å². The largest absolute Gasteiger partial charge is 0.477 e. The second-order valence-electron chi connectivity index (χ2n) is 5.80. The number of aliphatic hydroxyl groups is 2. The van der Waals surface area contributed by atoms with Crippen LogP contribution in [0.3, 0.4) is 0 Å². The van der Waals surface area contributed by atoms with E-state index >= 15 is 0 Å². The molecule has 0 unspecified atom stereocenters. The van der Waals surface area contributed by atoms with Crippen LogP contribution in [0, 0.1) is 0 Å². The molecule has 0 rings (SSSR count). The standard InChI is InChI=1S/C20H32O4/c1-2-3-4-5-6-7-8-9-10-11-12-13-14-15-16-17-18-20(23,24)19(21)22/h6-7,10-15,23-24H,2-5,8-9,16-18H2,1H3,(H,21,22). The summed E-state index contributed by atoms with van der Waals surface area (Å²) in [5.74, 6) is -4.22. The highest BCUT2D eigenvalue weighted by Gasteiger charge is 2.31. The zero-order valence-corrected chi connectivity index (χ0v) is 14.7. The molecule has 0 saturated carbocycles. The smallest absolute Gasteiger partial charge is 0.364 e. The van der Waals surface area contributed by atoms with E-state index in [1.807, 2.05) is 30.4 Å². The van der Waals surface area contributed by atoms with Crippen LogP contribution in [0.4, 0.5) is 0 Å². The maximum Gasteiger partial charge on any atom is 0.364 e. The topological polar surface area (TPSA) is 77.8 Å². The molecule has 0 aromatic heterocycles. The monoisotopic (exact) mass is 336 g/mol. The summed E-state index contributed by atoms with van der Waals surface area (Å²) >= 11 is 0. The average Bonchev–Trinajstić information content (AvgIpc) is 2.54. The number of carboxylic acid groups (broad SMARTS) is 1. The Morgan fingerprint density at radius 1 is 0.792 bits per heavy atom. The number of hydrogen-bond donors (Lipinski definition) is 3. The number of allylic oxidation sites excluding steroid dienone is 8. The highest BCUT2D eigenvalue weighted by molar-refractivity contribution is 5.74. The molecule has 0 aromatic rings. The minimum Gasteiger partial charge on any atom is -0.477 e. The van der Waals surface area contributed by atoms with E-state index in [9.17, 15) is 4.79 Å². The molecule has 4 heteroatoms. The van der Waals surface area contributed by atoms with Crippen molar-refractivity contribution in [2.45, 2.75) is 70.5 Å². The second kappa shape index (κ2) is 14.9. The maximum absolute atomic E-state index is 10.5. The molecule has 4 nitrogen and oxygen atoms in total. The molecule has 0 heterocycles. The van der Waals surface area contributed by atoms with E-state index in [-0.39, 0.29) is 6.42 Å². The van der Waals surface area contributed by atoms with Crippen molar-refractivity contribution in [2.24, 2.45) is 0 Å². The van der Waals surface area contributed by atoms with Crippen molar-refractivity contribution in [2.75, 3.05) is 0 Å². The SMILES string of the molecule is CCCCCC=CCCC=CC=CC=CCCCC(O)(O)C(=O)O. The first kappa shape index (κ1) is 22.4. The van der Waals surface area contributed by atoms with Crippen molar-refractivity contribution in [3.8, 4) is 0 Å². The van der Waals surface area contributed by atoms with Gasteiger partial charge < -0.3 is 15.3 Å². The van der Waals surface area contributed by atoms with Crippen molar-refractivity contribution >= 4 is 5.97 Å². The Bertz CT molecular complexity index is 431. The van der Waals surface area contributed by atoms with Crippen LogP contribution >= 0.6 is 0 Å². The fraction of sp³-hybridized carbons (Fsp3) is 0.550. The summed E-state index contributed by atoms with van der Waals surface area (Å²) in [5.41, 5.74) is 0. The molecule has 0 amide bonds. The predicted molar refractivity (Wildman–Crippen MR) is 98.6 cm³/mol. The van der Waals surface area contributed by atoms with Gasteiger partial charge in [-0.05, 0) is 38.5 Å². The van der Waals surface area contributed by atoms with Crippen molar-refractivity contribution in [1.29, 1.82) is 0 Å². The van der Waals surface area contributed by atoms with Crippen molar-refractivity contribution in [3.05, 3.63) is 48.6 Å². The van der Waals surface area contributed by atoms with Gasteiger partial charge >= 0.3 is 5.97 Å². The third-order valence-corrected chi connectivity index (χ3v) is 3.49. The summed E-state index contributed by atoms with van der Waals surface area (Å²) in [4.78, 5) is 10.5. The van der Waals surface area contributed by atoms with Gasteiger partial charge in [0, 0.05) is 6.42 Å². The molecule has 136 valence electrons. The molecule has 0 radical (unpaired) electrons. The Morgan fingerprint density at radius 3 is 1.96 bits per heavy atom. The molecule has 0 fully saturated rings. The van der Waals surface area contributed by atoms with Crippen LogP contribution in [-0.4, -0.2) is 27.1 Å². The highest BCUT2D eigenvalue weighted by Crippen LogP contribution is 2.11. The lowest BCUT2D eigenvalue weighted by Gasteiger charge is -2.14. The Labute approximate surface area is 145 Å². The molecule has 0 aliphatic carbocycles. The summed E-state index contributed by atoms with van der Waals surface area (Å²) in [5, 5.41) is 26.7. The minimum atomic E-state index is -2.61. The van der Waals surface area contributed by atoms with Crippen LogP contribution < -0.4 is 0 Å². The molecule has 0 spiro atoms. The van der Waals surface area contributed by atoms with Crippen LogP contribution in [0.2, 0.25) is 0 Å². The summed E-state index contributed by atoms with van der Waals surface area (Å²) < 4.78 is 0. The first-order valence-electron chi connectivity index (χ1n) is 8.82. The van der Waals surface area contributed by atoms with Gasteiger partial charge in [0.05, 0.1) is 0 Å². The molecule has 0 aliphatic rings. The quantitative estimate of drug-likeness (QED) is 0.189. The number of carbonyl (C=O) groups is 1. The summed E-state index contributed by atoms with van der Waals surface area (Å²) in [6.45, 7) is 2.21. The number of hydrogen-bond acceptors (Lipinski definition) is 3. The van der Waals surface area contributed by atoms with Gasteiger partial charge in [-0.25, -0.2) is 4.79 Å². The first-order chi connectivity index (χ1) is 11.5. The van der Waals surface area contributed by atoms with Crippen molar-refractivity contribution in [3.63, 3.8) is 0 Å². The molecule has 0 aliphatic heterocycles. The van der Waals surface area contributed by atoms with E-state index in [0.29, 0.717) is 12.8 Å². The van der Waals surface area contributed by atoms with Gasteiger partial charge in [-0.1, -0.05) is 68.4 Å². The van der Waals surface area contributed by atoms with E-state index in [2.05, 4.69) is 25.2 Å². The number of unbranched alkanes of at least 4 members (excludes halogenated alkanes) is 5. The Kier molecular flexibility index (Phi) is 13.9. The predicted octanol–water partition coefficient (Wildman–Crippen LogP) is 4.51. The van der Waals surface area contributed by atoms with Crippen molar-refractivity contribution in [1.82, 2.24) is 0 Å². The normalized spacial score (nSPS) is 13.1. The molecular formula is C20H32O4. The average molecular weight is 336 g/mol. The van der Waals surface area contributed by atoms with Crippen LogP contribution in [0.1, 0.15) is 64.7 Å². The molecular weight excluding hydrogens is 304 g/mol. The summed E-state index contributed by atoms with van der Waals surface area (Å²) in [6, 6.07) is 0. The van der Waals surface area contributed by atoms with Crippen LogP contribution in [-0.2, 0) is 4.79 Å². The second-order valence-corrected chi connectivity index (χ2v) is 5.80. The number of carboxylic acids is 1. The lowest BCUT2D eigenvalue weighted by molar-refractivity contribution is -0.205. The lowest BCUT2D eigenvalue weighted by Crippen LogP contribution is -2.37. The zero-order chi connectivity index (χ0) is 18.1. The van der Waals surface area contributed by atoms with Gasteiger partial charge in [-0.2, -0.15) is 0 Å². The molecule has 3 N–H and O–H groups in total. The highest BCUT2D eigenvalue weighted by atomic mass is 16.5. The van der Waals surface area contributed by atoms with E-state index < -0.39 is 11.8 Å². The fourth-order valence-corrected chi connectivity index (χ4v) is 1.99. The Balaban J connectivity index is 3.62. The Morgan fingerprint density at radius 2 is 1.33 bits per heavy atom. The fourth-order valence-electron chi connectivity index (χ4n) is 1.99. The van der Waals surface area contributed by atoms with Crippen LogP contribution in [0.5, 0.6) is 0 Å². The summed E-state index contributed by atoms with van der Waals surface area (Å²) in [6.07, 6.45) is 24.2. The lowest BCUT2D eigenvalue weighted by atomic mass is 10.1. The first-order valence-corrected chi connectivity index (χ1v) is 8.82. The minimum absolute atomic E-state index is 0.178. The summed E-state index contributed by atoms with van der Waals surface area (Å²) in [7, 11) is 0. The molecule has 24 heavy (non-hydrogen) atoms. The van der Waals surface area contributed by atoms with Crippen LogP contribution in [0.25, 0.3) is 0 Å². The third-order valence-electron chi connectivity index (χ3n) is 3.49. The van der Waals surface area contributed by atoms with Gasteiger partial charge in [0.1, 0.15) is 0 Å². The van der Waals surface area contributed by atoms with E-state index in [1.54, 1.807) is 0 Å². The van der Waals surface area contributed by atoms with Crippen LogP contribution in [0.15, 0.2) is 48.6 Å². The Hall–Kier alpha value is -1.65. The van der Waals surface area contributed by atoms with Gasteiger partial charge in [0.25, 0.3) is 5.79 Å². The van der Waals surface area contributed by atoms with Gasteiger partial charge in [-0.3, -0.25) is 0 Å². The number of aliphatic carboxylic acids is 1. The molecule has 0 aromatic carbocycles. The zero-order valence-electron chi connectivity index (χ0n) is 14.7. The van der Waals surface area contributed by atoms with E-state index in [1.165, 1.54) is 25.7 Å². The van der Waals surface area contributed by atoms with E-state index in [4.69, 9.17) is 15.3 Å². The number of rotatable bonds is 14. The molecule has 0 saturated heterocycles. The van der Waals surface area contributed by atoms with E-state index in [0.717, 1.165) is 12.8 Å².